The number of aliphatic hydroxyl groups is 2. The number of allylic oxidation sites excluding steroid dienone is 1. The van der Waals surface area contributed by atoms with Gasteiger partial charge in [-0.3, -0.25) is 19.2 Å². The van der Waals surface area contributed by atoms with Crippen LogP contribution in [0.5, 0.6) is 0 Å². The molecule has 4 heterocycles. The van der Waals surface area contributed by atoms with Gasteiger partial charge in [-0.2, -0.15) is 0 Å². The second kappa shape index (κ2) is 14.0. The summed E-state index contributed by atoms with van der Waals surface area (Å²) in [5.41, 5.74) is 1.98. The van der Waals surface area contributed by atoms with Crippen LogP contribution in [0.3, 0.4) is 0 Å². The van der Waals surface area contributed by atoms with Gasteiger partial charge in [0, 0.05) is 53.6 Å². The van der Waals surface area contributed by atoms with E-state index in [0.29, 0.717) is 42.3 Å². The van der Waals surface area contributed by atoms with E-state index in [2.05, 4.69) is 32.7 Å². The number of benzene rings is 3. The molecule has 0 bridgehead atoms. The normalized spacial score (nSPS) is 20.8. The number of carbonyl (C=O) groups excluding carboxylic acids is 2. The lowest BCUT2D eigenvalue weighted by atomic mass is 9.83. The van der Waals surface area contributed by atoms with Crippen LogP contribution in [0.1, 0.15) is 43.0 Å². The number of fused-ring (bicyclic) bond motifs is 1. The number of hydrogen-bond donors (Lipinski definition) is 3. The number of piperidine rings is 1. The van der Waals surface area contributed by atoms with Crippen molar-refractivity contribution in [2.24, 2.45) is 5.92 Å². The highest BCUT2D eigenvalue weighted by molar-refractivity contribution is 6.31. The first-order valence-corrected chi connectivity index (χ1v) is 17.6. The minimum Gasteiger partial charge on any atom is -0.396 e. The molecule has 3 aromatic carbocycles. The molecule has 2 atom stereocenters. The van der Waals surface area contributed by atoms with Gasteiger partial charge in [0.05, 0.1) is 24.6 Å². The lowest BCUT2D eigenvalue weighted by Gasteiger charge is -2.39. The van der Waals surface area contributed by atoms with E-state index >= 15 is 0 Å². The van der Waals surface area contributed by atoms with Crippen molar-refractivity contribution in [3.63, 3.8) is 0 Å². The summed E-state index contributed by atoms with van der Waals surface area (Å²) in [4.78, 5) is 34.2. The molecule has 2 fully saturated rings. The summed E-state index contributed by atoms with van der Waals surface area (Å²) >= 11 is 6.42. The number of para-hydroxylation sites is 1. The summed E-state index contributed by atoms with van der Waals surface area (Å²) in [5, 5.41) is 33.3. The summed E-state index contributed by atoms with van der Waals surface area (Å²) in [6.45, 7) is 4.59. The van der Waals surface area contributed by atoms with Crippen LogP contribution in [0, 0.1) is 5.92 Å². The molecule has 0 unspecified atom stereocenters. The summed E-state index contributed by atoms with van der Waals surface area (Å²) < 4.78 is 1.71. The molecule has 4 aromatic rings. The number of nitrogens with zero attached hydrogens (tertiary/aromatic N) is 6. The lowest BCUT2D eigenvalue weighted by molar-refractivity contribution is -0.139. The van der Waals surface area contributed by atoms with Crippen molar-refractivity contribution in [3.8, 4) is 0 Å². The Morgan fingerprint density at radius 1 is 1.00 bits per heavy atom. The number of amides is 2. The molecule has 3 aliphatic heterocycles. The van der Waals surface area contributed by atoms with Crippen LogP contribution < -0.4 is 20.0 Å². The van der Waals surface area contributed by atoms with E-state index in [1.807, 2.05) is 66.4 Å². The van der Waals surface area contributed by atoms with Gasteiger partial charge in [0.1, 0.15) is 5.54 Å². The molecule has 2 amide bonds. The number of aliphatic hydroxyl groups excluding tert-OH is 1. The topological polar surface area (TPSA) is 127 Å². The minimum atomic E-state index is -1.82. The van der Waals surface area contributed by atoms with Crippen LogP contribution in [-0.4, -0.2) is 68.9 Å². The van der Waals surface area contributed by atoms with Gasteiger partial charge in [0.15, 0.2) is 5.60 Å². The van der Waals surface area contributed by atoms with E-state index in [0.717, 1.165) is 48.6 Å². The van der Waals surface area contributed by atoms with E-state index in [1.165, 1.54) is 0 Å². The quantitative estimate of drug-likeness (QED) is 0.197. The average molecular weight is 696 g/mol. The van der Waals surface area contributed by atoms with Crippen molar-refractivity contribution in [2.75, 3.05) is 41.1 Å². The molecule has 0 radical (unpaired) electrons. The lowest BCUT2D eigenvalue weighted by Crippen LogP contribution is -2.55. The van der Waals surface area contributed by atoms with E-state index < -0.39 is 23.0 Å². The third-order valence-electron chi connectivity index (χ3n) is 10.3. The Morgan fingerprint density at radius 2 is 1.78 bits per heavy atom. The Morgan fingerprint density at radius 3 is 2.56 bits per heavy atom. The summed E-state index contributed by atoms with van der Waals surface area (Å²) in [5.74, 6) is -0.901. The maximum absolute atomic E-state index is 14.3. The Hall–Kier alpha value is -4.55. The number of carbonyl (C=O) groups is 2. The highest BCUT2D eigenvalue weighted by Crippen LogP contribution is 2.47. The standard InChI is InChI=1S/C38H42ClN7O4/c1-27(8-5-6-20-43-25-30(15-21-47)41-42-43)38(50)33-23-29(39)13-14-34(33)44(36(38)49)24-28-9-7-12-32(22-28)45-26-46(31-10-3-2-4-11-31)37(35(45)48)16-18-40-19-17-37/h2-5,7-14,22-23,25,27,40,47,50H,6,15-21,24,26H2,1H3/b8-5+/t27-,38+/m0/s1. The van der Waals surface area contributed by atoms with E-state index in [1.54, 1.807) is 34.0 Å². The number of halogens is 1. The predicted molar refractivity (Wildman–Crippen MR) is 193 cm³/mol. The van der Waals surface area contributed by atoms with Crippen molar-refractivity contribution in [2.45, 2.75) is 56.8 Å². The maximum Gasteiger partial charge on any atom is 0.264 e. The molecule has 12 heteroatoms. The maximum atomic E-state index is 14.3. The number of aryl methyl sites for hydroxylation is 1. The van der Waals surface area contributed by atoms with Gasteiger partial charge >= 0.3 is 0 Å². The number of anilines is 3. The van der Waals surface area contributed by atoms with Gasteiger partial charge in [-0.25, -0.2) is 0 Å². The fraction of sp³-hybridized carbons (Fsp3) is 0.368. The predicted octanol–water partition coefficient (Wildman–Crippen LogP) is 4.42. The number of hydrogen-bond acceptors (Lipinski definition) is 8. The van der Waals surface area contributed by atoms with E-state index in [9.17, 15) is 14.7 Å². The van der Waals surface area contributed by atoms with Gasteiger partial charge in [-0.15, -0.1) is 5.10 Å². The van der Waals surface area contributed by atoms with Crippen molar-refractivity contribution in [1.29, 1.82) is 0 Å². The third kappa shape index (κ3) is 6.08. The molecule has 1 aromatic heterocycles. The van der Waals surface area contributed by atoms with E-state index in [4.69, 9.17) is 16.7 Å². The van der Waals surface area contributed by atoms with Crippen LogP contribution in [0.2, 0.25) is 5.02 Å². The molecule has 260 valence electrons. The Bertz CT molecular complexity index is 1890. The first kappa shape index (κ1) is 33.9. The highest BCUT2D eigenvalue weighted by atomic mass is 35.5. The minimum absolute atomic E-state index is 0.0149. The summed E-state index contributed by atoms with van der Waals surface area (Å²) in [6.07, 6.45) is 8.09. The molecule has 2 saturated heterocycles. The first-order chi connectivity index (χ1) is 24.2. The monoisotopic (exact) mass is 695 g/mol. The molecule has 0 aliphatic carbocycles. The first-order valence-electron chi connectivity index (χ1n) is 17.2. The molecule has 3 aliphatic rings. The molecule has 0 saturated carbocycles. The second-order valence-electron chi connectivity index (χ2n) is 13.4. The number of nitrogens with one attached hydrogen (secondary N) is 1. The van der Waals surface area contributed by atoms with Crippen molar-refractivity contribution >= 4 is 40.5 Å². The fourth-order valence-corrected chi connectivity index (χ4v) is 7.74. The number of aromatic nitrogens is 3. The van der Waals surface area contributed by atoms with Gasteiger partial charge < -0.3 is 25.3 Å². The summed E-state index contributed by atoms with van der Waals surface area (Å²) in [7, 11) is 0. The molecular weight excluding hydrogens is 654 g/mol. The largest absolute Gasteiger partial charge is 0.396 e. The van der Waals surface area contributed by atoms with Crippen molar-refractivity contribution < 1.29 is 19.8 Å². The SMILES string of the molecule is C[C@@H](/C=C/CCn1cc(CCO)nn1)[C@]1(O)C(=O)N(Cc2cccc(N3CN(c4ccccc4)C4(CCNCC4)C3=O)c2)c2ccc(Cl)cc21. The fourth-order valence-electron chi connectivity index (χ4n) is 7.57. The van der Waals surface area contributed by atoms with Crippen molar-refractivity contribution in [1.82, 2.24) is 20.3 Å². The zero-order chi connectivity index (χ0) is 34.9. The molecule has 3 N–H and O–H groups in total. The molecule has 11 nitrogen and oxygen atoms in total. The zero-order valence-corrected chi connectivity index (χ0v) is 28.8. The van der Waals surface area contributed by atoms with Gasteiger partial charge in [0.2, 0.25) is 0 Å². The Labute approximate surface area is 296 Å². The second-order valence-corrected chi connectivity index (χ2v) is 13.8. The number of rotatable bonds is 11. The van der Waals surface area contributed by atoms with Gasteiger partial charge in [-0.05, 0) is 80.4 Å². The van der Waals surface area contributed by atoms with E-state index in [-0.39, 0.29) is 19.1 Å². The molecule has 7 rings (SSSR count). The molecule has 50 heavy (non-hydrogen) atoms. The Kier molecular flexibility index (Phi) is 9.49. The average Bonchev–Trinajstić information content (AvgIpc) is 3.76. The smallest absolute Gasteiger partial charge is 0.264 e. The molecular formula is C38H42ClN7O4. The summed E-state index contributed by atoms with van der Waals surface area (Å²) in [6, 6.07) is 23.1. The molecule has 1 spiro atoms. The van der Waals surface area contributed by atoms with Gasteiger partial charge in [-0.1, -0.05) is 66.2 Å². The van der Waals surface area contributed by atoms with Crippen LogP contribution in [0.25, 0.3) is 0 Å². The Balaban J connectivity index is 1.11. The highest BCUT2D eigenvalue weighted by Gasteiger charge is 2.54. The van der Waals surface area contributed by atoms with Crippen molar-refractivity contribution in [3.05, 3.63) is 113 Å². The van der Waals surface area contributed by atoms with Crippen LogP contribution in [-0.2, 0) is 34.7 Å². The van der Waals surface area contributed by atoms with Crippen LogP contribution in [0.4, 0.5) is 17.1 Å². The van der Waals surface area contributed by atoms with Crippen LogP contribution in [0.15, 0.2) is 91.1 Å². The van der Waals surface area contributed by atoms with Crippen LogP contribution >= 0.6 is 11.6 Å². The third-order valence-corrected chi connectivity index (χ3v) is 10.5. The zero-order valence-electron chi connectivity index (χ0n) is 28.1. The van der Waals surface area contributed by atoms with Gasteiger partial charge in [0.25, 0.3) is 11.8 Å².